The number of para-hydroxylation sites is 2. The Bertz CT molecular complexity index is 765. The molecule has 19 heavy (non-hydrogen) atoms. The lowest BCUT2D eigenvalue weighted by atomic mass is 10.3. The topological polar surface area (TPSA) is 80.5 Å². The predicted molar refractivity (Wildman–Crippen MR) is 67.2 cm³/mol. The molecule has 2 heterocycles. The van der Waals surface area contributed by atoms with Crippen LogP contribution in [0.15, 0.2) is 28.8 Å². The molecular weight excluding hydrogens is 242 g/mol. The molecule has 0 aliphatic rings. The zero-order valence-corrected chi connectivity index (χ0v) is 10.4. The minimum atomic E-state index is 0.252. The largest absolute Gasteiger partial charge is 0.337 e. The number of nitrogens with zero attached hydrogens (tertiary/aromatic N) is 5. The zero-order chi connectivity index (χ0) is 13.2. The normalized spacial score (nSPS) is 10.7. The molecule has 0 amide bonds. The van der Waals surface area contributed by atoms with Crippen LogP contribution in [0.5, 0.6) is 0 Å². The Labute approximate surface area is 109 Å². The number of rotatable bonds is 3. The summed E-state index contributed by atoms with van der Waals surface area (Å²) in [4.78, 5) is 8.64. The van der Waals surface area contributed by atoms with Crippen molar-refractivity contribution in [3.05, 3.63) is 41.8 Å². The molecule has 2 aromatic heterocycles. The summed E-state index contributed by atoms with van der Waals surface area (Å²) in [5.74, 6) is 1.82. The highest BCUT2D eigenvalue weighted by Gasteiger charge is 2.13. The Morgan fingerprint density at radius 1 is 1.32 bits per heavy atom. The van der Waals surface area contributed by atoms with Crippen LogP contribution in [0.1, 0.15) is 17.5 Å². The van der Waals surface area contributed by atoms with E-state index in [9.17, 15) is 0 Å². The Morgan fingerprint density at radius 2 is 2.16 bits per heavy atom. The number of imidazole rings is 1. The fourth-order valence-corrected chi connectivity index (χ4v) is 2.05. The molecular formula is C13H11N5O. The second-order valence-electron chi connectivity index (χ2n) is 4.17. The second-order valence-corrected chi connectivity index (χ2v) is 4.17. The number of nitriles is 1. The summed E-state index contributed by atoms with van der Waals surface area (Å²) in [6, 6.07) is 9.88. The van der Waals surface area contributed by atoms with Crippen molar-refractivity contribution in [2.24, 2.45) is 0 Å². The van der Waals surface area contributed by atoms with Gasteiger partial charge in [-0.3, -0.25) is 0 Å². The third kappa shape index (κ3) is 2.06. The van der Waals surface area contributed by atoms with Crippen molar-refractivity contribution in [3.8, 4) is 6.07 Å². The number of aromatic nitrogens is 4. The maximum atomic E-state index is 8.88. The van der Waals surface area contributed by atoms with Gasteiger partial charge in [-0.05, 0) is 19.1 Å². The number of hydrogen-bond acceptors (Lipinski definition) is 5. The van der Waals surface area contributed by atoms with Crippen molar-refractivity contribution in [2.75, 3.05) is 0 Å². The molecule has 0 aliphatic heterocycles. The Morgan fingerprint density at radius 3 is 2.89 bits per heavy atom. The average molecular weight is 253 g/mol. The minimum absolute atomic E-state index is 0.252. The van der Waals surface area contributed by atoms with Crippen molar-refractivity contribution < 1.29 is 4.52 Å². The summed E-state index contributed by atoms with van der Waals surface area (Å²) < 4.78 is 7.06. The summed E-state index contributed by atoms with van der Waals surface area (Å²) in [7, 11) is 0. The van der Waals surface area contributed by atoms with E-state index in [1.807, 2.05) is 28.8 Å². The van der Waals surface area contributed by atoms with Crippen molar-refractivity contribution in [3.63, 3.8) is 0 Å². The Balaban J connectivity index is 2.09. The van der Waals surface area contributed by atoms with Crippen LogP contribution in [0, 0.1) is 18.3 Å². The van der Waals surface area contributed by atoms with E-state index < -0.39 is 0 Å². The van der Waals surface area contributed by atoms with E-state index in [1.54, 1.807) is 6.92 Å². The molecule has 0 fully saturated rings. The van der Waals surface area contributed by atoms with Crippen molar-refractivity contribution in [1.29, 1.82) is 5.26 Å². The third-order valence-corrected chi connectivity index (χ3v) is 2.83. The third-order valence-electron chi connectivity index (χ3n) is 2.83. The Hall–Kier alpha value is -2.68. The standard InChI is InChI=1S/C13H11N5O/c1-9-15-13(19-17-9)8-18-11-5-3-2-4-10(11)16-12(18)6-7-14/h2-5H,6,8H2,1H3. The minimum Gasteiger partial charge on any atom is -0.337 e. The molecule has 1 aromatic carbocycles. The molecule has 0 saturated carbocycles. The molecule has 3 aromatic rings. The predicted octanol–water partition coefficient (Wildman–Crippen LogP) is 1.84. The number of benzene rings is 1. The first kappa shape index (κ1) is 11.4. The van der Waals surface area contributed by atoms with Crippen LogP contribution >= 0.6 is 0 Å². The van der Waals surface area contributed by atoms with E-state index in [1.165, 1.54) is 0 Å². The van der Waals surface area contributed by atoms with Crippen LogP contribution in [0.4, 0.5) is 0 Å². The summed E-state index contributed by atoms with van der Waals surface area (Å²) >= 11 is 0. The molecule has 6 heteroatoms. The van der Waals surface area contributed by atoms with Gasteiger partial charge >= 0.3 is 0 Å². The van der Waals surface area contributed by atoms with E-state index in [2.05, 4.69) is 21.2 Å². The van der Waals surface area contributed by atoms with Crippen LogP contribution in [-0.2, 0) is 13.0 Å². The van der Waals surface area contributed by atoms with Gasteiger partial charge in [0, 0.05) is 0 Å². The highest BCUT2D eigenvalue weighted by molar-refractivity contribution is 5.76. The van der Waals surface area contributed by atoms with Crippen LogP contribution < -0.4 is 0 Å². The summed E-state index contributed by atoms with van der Waals surface area (Å²) in [5.41, 5.74) is 1.83. The molecule has 0 bridgehead atoms. The van der Waals surface area contributed by atoms with Gasteiger partial charge in [-0.2, -0.15) is 10.2 Å². The number of hydrogen-bond donors (Lipinski definition) is 0. The number of fused-ring (bicyclic) bond motifs is 1. The zero-order valence-electron chi connectivity index (χ0n) is 10.4. The van der Waals surface area contributed by atoms with Gasteiger partial charge in [0.05, 0.1) is 23.5 Å². The summed E-state index contributed by atoms with van der Waals surface area (Å²) in [5, 5.41) is 12.7. The first-order valence-corrected chi connectivity index (χ1v) is 5.88. The van der Waals surface area contributed by atoms with Gasteiger partial charge in [-0.25, -0.2) is 4.98 Å². The molecule has 0 unspecified atom stereocenters. The van der Waals surface area contributed by atoms with E-state index in [0.29, 0.717) is 24.1 Å². The first-order valence-electron chi connectivity index (χ1n) is 5.88. The lowest BCUT2D eigenvalue weighted by Gasteiger charge is -2.03. The smallest absolute Gasteiger partial charge is 0.246 e. The highest BCUT2D eigenvalue weighted by Crippen LogP contribution is 2.17. The maximum absolute atomic E-state index is 8.88. The molecule has 0 aliphatic carbocycles. The van der Waals surface area contributed by atoms with Gasteiger partial charge in [-0.15, -0.1) is 0 Å². The average Bonchev–Trinajstić information content (AvgIpc) is 2.96. The molecule has 0 spiro atoms. The van der Waals surface area contributed by atoms with E-state index in [-0.39, 0.29) is 6.42 Å². The lowest BCUT2D eigenvalue weighted by molar-refractivity contribution is 0.368. The number of aryl methyl sites for hydroxylation is 1. The molecule has 94 valence electrons. The fraction of sp³-hybridized carbons (Fsp3) is 0.231. The van der Waals surface area contributed by atoms with Gasteiger partial charge in [-0.1, -0.05) is 17.3 Å². The molecule has 3 rings (SSSR count). The van der Waals surface area contributed by atoms with Gasteiger partial charge in [0.2, 0.25) is 5.89 Å². The van der Waals surface area contributed by atoms with Gasteiger partial charge in [0.1, 0.15) is 12.4 Å². The van der Waals surface area contributed by atoms with E-state index in [0.717, 1.165) is 11.0 Å². The van der Waals surface area contributed by atoms with Crippen LogP contribution in [-0.4, -0.2) is 19.7 Å². The van der Waals surface area contributed by atoms with Crippen molar-refractivity contribution in [2.45, 2.75) is 19.9 Å². The lowest BCUT2D eigenvalue weighted by Crippen LogP contribution is -2.05. The van der Waals surface area contributed by atoms with E-state index >= 15 is 0 Å². The molecule has 0 saturated heterocycles. The first-order chi connectivity index (χ1) is 9.28. The summed E-state index contributed by atoms with van der Waals surface area (Å²) in [6.45, 7) is 2.20. The fourth-order valence-electron chi connectivity index (χ4n) is 2.05. The van der Waals surface area contributed by atoms with Gasteiger partial charge < -0.3 is 9.09 Å². The molecule has 0 atom stereocenters. The van der Waals surface area contributed by atoms with E-state index in [4.69, 9.17) is 9.78 Å². The molecule has 0 radical (unpaired) electrons. The molecule has 6 nitrogen and oxygen atoms in total. The summed E-state index contributed by atoms with van der Waals surface area (Å²) in [6.07, 6.45) is 0.252. The van der Waals surface area contributed by atoms with Gasteiger partial charge in [0.15, 0.2) is 5.82 Å². The van der Waals surface area contributed by atoms with Crippen molar-refractivity contribution >= 4 is 11.0 Å². The molecule has 0 N–H and O–H groups in total. The Kier molecular flexibility index (Phi) is 2.72. The van der Waals surface area contributed by atoms with Crippen LogP contribution in [0.25, 0.3) is 11.0 Å². The highest BCUT2D eigenvalue weighted by atomic mass is 16.5. The van der Waals surface area contributed by atoms with Gasteiger partial charge in [0.25, 0.3) is 0 Å². The monoisotopic (exact) mass is 253 g/mol. The maximum Gasteiger partial charge on any atom is 0.246 e. The van der Waals surface area contributed by atoms with Crippen LogP contribution in [0.2, 0.25) is 0 Å². The van der Waals surface area contributed by atoms with Crippen LogP contribution in [0.3, 0.4) is 0 Å². The van der Waals surface area contributed by atoms with Crippen molar-refractivity contribution in [1.82, 2.24) is 19.7 Å². The SMILES string of the molecule is Cc1noc(Cn2c(CC#N)nc3ccccc32)n1. The second kappa shape index (κ2) is 4.53. The quantitative estimate of drug-likeness (QED) is 0.711.